The molecular weight excluding hydrogens is 374 g/mol. The number of hydrogen-bond donors (Lipinski definition) is 2. The van der Waals surface area contributed by atoms with Crippen molar-refractivity contribution in [3.63, 3.8) is 0 Å². The highest BCUT2D eigenvalue weighted by Gasteiger charge is 2.27. The third kappa shape index (κ3) is 4.03. The maximum atomic E-state index is 12.9. The van der Waals surface area contributed by atoms with Gasteiger partial charge in [0.2, 0.25) is 0 Å². The first-order valence-electron chi connectivity index (χ1n) is 9.21. The molecule has 0 saturated carbocycles. The molecule has 0 radical (unpaired) electrons. The number of rotatable bonds is 7. The van der Waals surface area contributed by atoms with Gasteiger partial charge in [-0.15, -0.1) is 0 Å². The third-order valence-electron chi connectivity index (χ3n) is 4.76. The van der Waals surface area contributed by atoms with Gasteiger partial charge in [0, 0.05) is 11.3 Å². The van der Waals surface area contributed by atoms with Gasteiger partial charge in [-0.1, -0.05) is 18.2 Å². The predicted molar refractivity (Wildman–Crippen MR) is 109 cm³/mol. The Morgan fingerprint density at radius 1 is 1.10 bits per heavy atom. The van der Waals surface area contributed by atoms with Crippen LogP contribution >= 0.6 is 0 Å². The molecule has 29 heavy (non-hydrogen) atoms. The van der Waals surface area contributed by atoms with Crippen LogP contribution in [0.4, 0.5) is 0 Å². The number of methoxy groups -OCH3 is 2. The number of aromatic hydroxyl groups is 1. The molecule has 0 amide bonds. The molecule has 0 aliphatic heterocycles. The molecule has 3 aromatic rings. The van der Waals surface area contributed by atoms with E-state index >= 15 is 0 Å². The summed E-state index contributed by atoms with van der Waals surface area (Å²) in [6, 6.07) is 12.1. The maximum absolute atomic E-state index is 12.9. The Hall–Kier alpha value is -3.48. The molecule has 2 aromatic carbocycles. The zero-order valence-corrected chi connectivity index (χ0v) is 16.5. The number of hydrogen-bond acceptors (Lipinski definition) is 6. The molecule has 2 N–H and O–H groups in total. The van der Waals surface area contributed by atoms with E-state index in [4.69, 9.17) is 14.2 Å². The lowest BCUT2D eigenvalue weighted by Gasteiger charge is -2.20. The van der Waals surface area contributed by atoms with Gasteiger partial charge in [0.25, 0.3) is 5.56 Å². The molecule has 0 aliphatic rings. The number of ether oxygens (including phenoxy) is 3. The Bertz CT molecular complexity index is 1090. The largest absolute Gasteiger partial charge is 0.507 e. The highest BCUT2D eigenvalue weighted by atomic mass is 16.5. The first-order chi connectivity index (χ1) is 14.0. The minimum absolute atomic E-state index is 0.101. The second-order valence-corrected chi connectivity index (χ2v) is 6.44. The van der Waals surface area contributed by atoms with Crippen molar-refractivity contribution in [3.8, 4) is 17.2 Å². The van der Waals surface area contributed by atoms with Gasteiger partial charge in [-0.3, -0.25) is 9.59 Å². The fraction of sp³-hybridized carbons (Fsp3) is 0.273. The van der Waals surface area contributed by atoms with Crippen LogP contribution in [0.3, 0.4) is 0 Å². The van der Waals surface area contributed by atoms with Gasteiger partial charge in [-0.25, -0.2) is 0 Å². The lowest BCUT2D eigenvalue weighted by molar-refractivity contribution is -0.143. The second kappa shape index (κ2) is 8.68. The van der Waals surface area contributed by atoms with Crippen LogP contribution in [0.2, 0.25) is 0 Å². The van der Waals surface area contributed by atoms with Crippen molar-refractivity contribution < 1.29 is 24.1 Å². The van der Waals surface area contributed by atoms with E-state index < -0.39 is 17.4 Å². The van der Waals surface area contributed by atoms with Crippen LogP contribution in [0.5, 0.6) is 17.2 Å². The summed E-state index contributed by atoms with van der Waals surface area (Å²) >= 11 is 0. The average molecular weight is 397 g/mol. The smallest absolute Gasteiger partial charge is 0.306 e. The zero-order valence-electron chi connectivity index (χ0n) is 16.5. The average Bonchev–Trinajstić information content (AvgIpc) is 2.72. The Kier molecular flexibility index (Phi) is 6.07. The number of nitrogens with one attached hydrogen (secondary N) is 1. The Balaban J connectivity index is 2.21. The second-order valence-electron chi connectivity index (χ2n) is 6.44. The summed E-state index contributed by atoms with van der Waals surface area (Å²) in [6.07, 6.45) is -0.113. The summed E-state index contributed by atoms with van der Waals surface area (Å²) in [6.45, 7) is 1.93. The quantitative estimate of drug-likeness (QED) is 0.594. The minimum Gasteiger partial charge on any atom is -0.507 e. The maximum Gasteiger partial charge on any atom is 0.306 e. The van der Waals surface area contributed by atoms with E-state index in [2.05, 4.69) is 4.98 Å². The van der Waals surface area contributed by atoms with E-state index in [9.17, 15) is 14.7 Å². The molecule has 0 bridgehead atoms. The van der Waals surface area contributed by atoms with Gasteiger partial charge in [0.05, 0.1) is 38.3 Å². The zero-order chi connectivity index (χ0) is 21.0. The number of esters is 1. The van der Waals surface area contributed by atoms with Gasteiger partial charge in [0.15, 0.2) is 11.5 Å². The normalized spacial score (nSPS) is 11.8. The summed E-state index contributed by atoms with van der Waals surface area (Å²) in [5.74, 6) is -0.395. The number of benzene rings is 2. The van der Waals surface area contributed by atoms with Crippen molar-refractivity contribution in [3.05, 3.63) is 63.9 Å². The number of carbonyl (C=O) groups is 1. The van der Waals surface area contributed by atoms with Gasteiger partial charge in [-0.05, 0) is 36.8 Å². The van der Waals surface area contributed by atoms with Gasteiger partial charge in [0.1, 0.15) is 5.75 Å². The fourth-order valence-corrected chi connectivity index (χ4v) is 3.41. The van der Waals surface area contributed by atoms with Gasteiger partial charge < -0.3 is 24.3 Å². The number of pyridine rings is 1. The van der Waals surface area contributed by atoms with Gasteiger partial charge >= 0.3 is 5.97 Å². The van der Waals surface area contributed by atoms with Crippen LogP contribution in [0.25, 0.3) is 10.9 Å². The molecule has 3 rings (SSSR count). The number of fused-ring (bicyclic) bond motifs is 1. The Labute approximate surface area is 167 Å². The van der Waals surface area contributed by atoms with E-state index in [-0.39, 0.29) is 24.3 Å². The van der Waals surface area contributed by atoms with Crippen molar-refractivity contribution in [2.24, 2.45) is 0 Å². The van der Waals surface area contributed by atoms with Crippen LogP contribution in [-0.2, 0) is 9.53 Å². The molecule has 1 aromatic heterocycles. The molecule has 0 fully saturated rings. The van der Waals surface area contributed by atoms with Crippen molar-refractivity contribution in [1.82, 2.24) is 4.98 Å². The predicted octanol–water partition coefficient (Wildman–Crippen LogP) is 3.34. The summed E-state index contributed by atoms with van der Waals surface area (Å²) in [5, 5.41) is 11.4. The van der Waals surface area contributed by atoms with Crippen molar-refractivity contribution in [1.29, 1.82) is 0 Å². The van der Waals surface area contributed by atoms with Gasteiger partial charge in [-0.2, -0.15) is 0 Å². The topological polar surface area (TPSA) is 97.8 Å². The van der Waals surface area contributed by atoms with Crippen molar-refractivity contribution in [2.45, 2.75) is 19.3 Å². The fourth-order valence-electron chi connectivity index (χ4n) is 3.41. The summed E-state index contributed by atoms with van der Waals surface area (Å²) in [7, 11) is 3.02. The van der Waals surface area contributed by atoms with Crippen LogP contribution in [0, 0.1) is 0 Å². The van der Waals surface area contributed by atoms with Crippen LogP contribution in [-0.4, -0.2) is 36.9 Å². The van der Waals surface area contributed by atoms with E-state index in [1.54, 1.807) is 49.4 Å². The van der Waals surface area contributed by atoms with E-state index in [0.717, 1.165) is 0 Å². The first kappa shape index (κ1) is 20.3. The van der Waals surface area contributed by atoms with E-state index in [1.165, 1.54) is 14.2 Å². The Morgan fingerprint density at radius 3 is 2.52 bits per heavy atom. The molecule has 7 nitrogen and oxygen atoms in total. The first-order valence-corrected chi connectivity index (χ1v) is 9.21. The SMILES string of the molecule is CCOC(=O)CC(c1ccc(OC)c(OC)c1)c1c(O)c2ccccc2[nH]c1=O. The van der Waals surface area contributed by atoms with Crippen molar-refractivity contribution in [2.75, 3.05) is 20.8 Å². The summed E-state index contributed by atoms with van der Waals surface area (Å²) < 4.78 is 15.7. The number of aromatic nitrogens is 1. The lowest BCUT2D eigenvalue weighted by Crippen LogP contribution is -2.21. The molecule has 0 spiro atoms. The van der Waals surface area contributed by atoms with Crippen LogP contribution in [0.1, 0.15) is 30.4 Å². The molecule has 152 valence electrons. The standard InChI is InChI=1S/C22H23NO6/c1-4-29-19(24)12-15(13-9-10-17(27-2)18(11-13)28-3)20-21(25)14-7-5-6-8-16(14)23-22(20)26/h5-11,15H,4,12H2,1-3H3,(H2,23,25,26). The van der Waals surface area contributed by atoms with E-state index in [1.807, 2.05) is 0 Å². The summed E-state index contributed by atoms with van der Waals surface area (Å²) in [4.78, 5) is 27.9. The monoisotopic (exact) mass is 397 g/mol. The molecule has 1 unspecified atom stereocenters. The molecule has 0 aliphatic carbocycles. The van der Waals surface area contributed by atoms with Crippen molar-refractivity contribution >= 4 is 16.9 Å². The number of H-pyrrole nitrogens is 1. The lowest BCUT2D eigenvalue weighted by atomic mass is 9.87. The molecule has 7 heteroatoms. The molecule has 0 saturated heterocycles. The molecule has 1 atom stereocenters. The molecular formula is C22H23NO6. The van der Waals surface area contributed by atoms with E-state index in [0.29, 0.717) is 28.0 Å². The highest BCUT2D eigenvalue weighted by Crippen LogP contribution is 2.38. The third-order valence-corrected chi connectivity index (χ3v) is 4.76. The van der Waals surface area contributed by atoms with Crippen LogP contribution < -0.4 is 15.0 Å². The number of para-hydroxylation sites is 1. The highest BCUT2D eigenvalue weighted by molar-refractivity contribution is 5.86. The van der Waals surface area contributed by atoms with Crippen LogP contribution in [0.15, 0.2) is 47.3 Å². The Morgan fingerprint density at radius 2 is 1.83 bits per heavy atom. The molecule has 1 heterocycles. The minimum atomic E-state index is -0.734. The number of aromatic amines is 1. The summed E-state index contributed by atoms with van der Waals surface area (Å²) in [5.41, 5.74) is 0.766. The number of carbonyl (C=O) groups excluding carboxylic acids is 1.